The van der Waals surface area contributed by atoms with Gasteiger partial charge in [0.2, 0.25) is 0 Å². The molecule has 1 aromatic heterocycles. The van der Waals surface area contributed by atoms with Crippen molar-refractivity contribution >= 4 is 22.9 Å². The second kappa shape index (κ2) is 6.32. The molecule has 2 aromatic rings. The second-order valence-electron chi connectivity index (χ2n) is 4.06. The maximum Gasteiger partial charge on any atom is 0.129 e. The van der Waals surface area contributed by atoms with Gasteiger partial charge < -0.3 is 5.32 Å². The van der Waals surface area contributed by atoms with Crippen LogP contribution in [0.15, 0.2) is 29.6 Å². The average molecular weight is 284 g/mol. The summed E-state index contributed by atoms with van der Waals surface area (Å²) in [6, 6.07) is 6.93. The van der Waals surface area contributed by atoms with Crippen LogP contribution in [-0.4, -0.2) is 0 Å². The molecule has 0 saturated heterocycles. The first-order valence-electron chi connectivity index (χ1n) is 5.90. The minimum Gasteiger partial charge on any atom is -0.308 e. The zero-order chi connectivity index (χ0) is 13.0. The van der Waals surface area contributed by atoms with Gasteiger partial charge in [-0.25, -0.2) is 4.39 Å². The van der Waals surface area contributed by atoms with E-state index in [1.54, 1.807) is 23.5 Å². The molecule has 0 atom stereocenters. The predicted octanol–water partition coefficient (Wildman–Crippen LogP) is 4.39. The Balaban J connectivity index is 1.92. The summed E-state index contributed by atoms with van der Waals surface area (Å²) in [4.78, 5) is 1.33. The molecule has 0 bridgehead atoms. The average Bonchev–Trinajstić information content (AvgIpc) is 2.79. The van der Waals surface area contributed by atoms with Crippen molar-refractivity contribution < 1.29 is 4.39 Å². The molecular weight excluding hydrogens is 269 g/mol. The molecule has 2 rings (SSSR count). The lowest BCUT2D eigenvalue weighted by Gasteiger charge is -2.06. The zero-order valence-corrected chi connectivity index (χ0v) is 11.7. The molecule has 0 spiro atoms. The van der Waals surface area contributed by atoms with E-state index < -0.39 is 0 Å². The molecule has 4 heteroatoms. The van der Waals surface area contributed by atoms with Gasteiger partial charge in [-0.05, 0) is 35.6 Å². The molecule has 0 aliphatic carbocycles. The van der Waals surface area contributed by atoms with Crippen molar-refractivity contribution in [3.05, 3.63) is 56.5 Å². The first-order chi connectivity index (χ1) is 8.70. The van der Waals surface area contributed by atoms with Crippen LogP contribution in [0.3, 0.4) is 0 Å². The van der Waals surface area contributed by atoms with E-state index >= 15 is 0 Å². The summed E-state index contributed by atoms with van der Waals surface area (Å²) in [5, 5.41) is 5.80. The van der Waals surface area contributed by atoms with Crippen LogP contribution in [0.5, 0.6) is 0 Å². The van der Waals surface area contributed by atoms with Gasteiger partial charge in [-0.2, -0.15) is 0 Å². The number of halogens is 2. The van der Waals surface area contributed by atoms with Gasteiger partial charge in [-0.3, -0.25) is 0 Å². The molecular formula is C14H15ClFNS. The smallest absolute Gasteiger partial charge is 0.129 e. The number of benzene rings is 1. The van der Waals surface area contributed by atoms with Crippen molar-refractivity contribution in [2.45, 2.75) is 26.4 Å². The molecule has 0 saturated carbocycles. The Labute approximate surface area is 116 Å². The number of thiophene rings is 1. The minimum absolute atomic E-state index is 0.253. The summed E-state index contributed by atoms with van der Waals surface area (Å²) in [6.45, 7) is 3.44. The van der Waals surface area contributed by atoms with E-state index in [4.69, 9.17) is 11.6 Å². The number of nitrogens with one attached hydrogen (secondary N) is 1. The topological polar surface area (TPSA) is 12.0 Å². The Kier molecular flexibility index (Phi) is 4.75. The third-order valence-corrected chi connectivity index (χ3v) is 4.03. The number of hydrogen-bond donors (Lipinski definition) is 1. The highest BCUT2D eigenvalue weighted by atomic mass is 35.5. The fourth-order valence-electron chi connectivity index (χ4n) is 1.81. The standard InChI is InChI=1S/C14H15ClFNS/c1-2-10-5-6-18-14(10)9-17-8-11-3-4-12(15)7-13(11)16/h3-7,17H,2,8-9H2,1H3. The van der Waals surface area contributed by atoms with E-state index in [0.29, 0.717) is 17.1 Å². The first kappa shape index (κ1) is 13.5. The van der Waals surface area contributed by atoms with Crippen LogP contribution in [0.25, 0.3) is 0 Å². The van der Waals surface area contributed by atoms with Crippen LogP contribution in [0.1, 0.15) is 22.9 Å². The molecule has 18 heavy (non-hydrogen) atoms. The maximum absolute atomic E-state index is 13.5. The molecule has 1 aromatic carbocycles. The van der Waals surface area contributed by atoms with Crippen molar-refractivity contribution in [1.29, 1.82) is 0 Å². The molecule has 0 aliphatic heterocycles. The fraction of sp³-hybridized carbons (Fsp3) is 0.286. The van der Waals surface area contributed by atoms with Crippen molar-refractivity contribution in [3.8, 4) is 0 Å². The monoisotopic (exact) mass is 283 g/mol. The Morgan fingerprint density at radius 2 is 2.06 bits per heavy atom. The number of hydrogen-bond acceptors (Lipinski definition) is 2. The van der Waals surface area contributed by atoms with Crippen LogP contribution in [0.4, 0.5) is 4.39 Å². The molecule has 1 N–H and O–H groups in total. The van der Waals surface area contributed by atoms with Crippen LogP contribution in [0, 0.1) is 5.82 Å². The van der Waals surface area contributed by atoms with E-state index in [1.165, 1.54) is 16.5 Å². The molecule has 1 nitrogen and oxygen atoms in total. The van der Waals surface area contributed by atoms with Crippen molar-refractivity contribution in [3.63, 3.8) is 0 Å². The second-order valence-corrected chi connectivity index (χ2v) is 5.50. The highest BCUT2D eigenvalue weighted by Gasteiger charge is 2.04. The molecule has 0 amide bonds. The lowest BCUT2D eigenvalue weighted by molar-refractivity contribution is 0.588. The lowest BCUT2D eigenvalue weighted by atomic mass is 10.2. The predicted molar refractivity (Wildman–Crippen MR) is 75.7 cm³/mol. The van der Waals surface area contributed by atoms with E-state index in [9.17, 15) is 4.39 Å². The summed E-state index contributed by atoms with van der Waals surface area (Å²) >= 11 is 7.45. The molecule has 0 unspecified atom stereocenters. The Bertz CT molecular complexity index is 524. The normalized spacial score (nSPS) is 10.8. The maximum atomic E-state index is 13.5. The van der Waals surface area contributed by atoms with Crippen LogP contribution >= 0.6 is 22.9 Å². The third kappa shape index (κ3) is 3.31. The molecule has 1 heterocycles. The van der Waals surface area contributed by atoms with Gasteiger partial charge in [-0.1, -0.05) is 24.6 Å². The Morgan fingerprint density at radius 1 is 1.22 bits per heavy atom. The number of rotatable bonds is 5. The third-order valence-electron chi connectivity index (χ3n) is 2.83. The number of aryl methyl sites for hydroxylation is 1. The van der Waals surface area contributed by atoms with Gasteiger partial charge in [0.1, 0.15) is 5.82 Å². The zero-order valence-electron chi connectivity index (χ0n) is 10.2. The van der Waals surface area contributed by atoms with E-state index in [2.05, 4.69) is 23.7 Å². The van der Waals surface area contributed by atoms with Gasteiger partial charge in [0.05, 0.1) is 0 Å². The quantitative estimate of drug-likeness (QED) is 0.858. The van der Waals surface area contributed by atoms with Crippen LogP contribution < -0.4 is 5.32 Å². The molecule has 0 radical (unpaired) electrons. The van der Waals surface area contributed by atoms with Gasteiger partial charge in [0.15, 0.2) is 0 Å². The SMILES string of the molecule is CCc1ccsc1CNCc1ccc(Cl)cc1F. The van der Waals surface area contributed by atoms with Gasteiger partial charge in [0.25, 0.3) is 0 Å². The van der Waals surface area contributed by atoms with Crippen molar-refractivity contribution in [1.82, 2.24) is 5.32 Å². The summed E-state index contributed by atoms with van der Waals surface area (Å²) in [5.74, 6) is -0.253. The van der Waals surface area contributed by atoms with Gasteiger partial charge in [-0.15, -0.1) is 11.3 Å². The van der Waals surface area contributed by atoms with E-state index in [1.807, 2.05) is 0 Å². The van der Waals surface area contributed by atoms with Crippen LogP contribution in [-0.2, 0) is 19.5 Å². The fourth-order valence-corrected chi connectivity index (χ4v) is 2.92. The Hall–Kier alpha value is -0.900. The molecule has 96 valence electrons. The largest absolute Gasteiger partial charge is 0.308 e. The van der Waals surface area contributed by atoms with E-state index in [-0.39, 0.29) is 5.82 Å². The van der Waals surface area contributed by atoms with Gasteiger partial charge in [0, 0.05) is 28.6 Å². The summed E-state index contributed by atoms with van der Waals surface area (Å²) in [6.07, 6.45) is 1.04. The minimum atomic E-state index is -0.253. The van der Waals surface area contributed by atoms with Gasteiger partial charge >= 0.3 is 0 Å². The van der Waals surface area contributed by atoms with Crippen LogP contribution in [0.2, 0.25) is 5.02 Å². The first-order valence-corrected chi connectivity index (χ1v) is 7.16. The summed E-state index contributed by atoms with van der Waals surface area (Å²) < 4.78 is 13.5. The lowest BCUT2D eigenvalue weighted by Crippen LogP contribution is -2.13. The summed E-state index contributed by atoms with van der Waals surface area (Å²) in [5.41, 5.74) is 2.01. The van der Waals surface area contributed by atoms with Crippen molar-refractivity contribution in [2.24, 2.45) is 0 Å². The Morgan fingerprint density at radius 3 is 2.78 bits per heavy atom. The summed E-state index contributed by atoms with van der Waals surface area (Å²) in [7, 11) is 0. The molecule has 0 fully saturated rings. The molecule has 0 aliphatic rings. The highest BCUT2D eigenvalue weighted by Crippen LogP contribution is 2.18. The van der Waals surface area contributed by atoms with E-state index in [0.717, 1.165) is 13.0 Å². The highest BCUT2D eigenvalue weighted by molar-refractivity contribution is 7.10. The van der Waals surface area contributed by atoms with Crippen molar-refractivity contribution in [2.75, 3.05) is 0 Å².